The van der Waals surface area contributed by atoms with Crippen LogP contribution >= 0.6 is 0 Å². The third-order valence-corrected chi connectivity index (χ3v) is 4.79. The fourth-order valence-corrected chi connectivity index (χ4v) is 3.56. The van der Waals surface area contributed by atoms with E-state index in [2.05, 4.69) is 16.7 Å². The SMILES string of the molecule is CC(C)(C#N)CNC1CCCCC1C1CCCCN1. The number of nitrogens with zero attached hydrogens (tertiary/aromatic N) is 1. The van der Waals surface area contributed by atoms with Crippen LogP contribution in [0.25, 0.3) is 0 Å². The maximum absolute atomic E-state index is 9.14. The van der Waals surface area contributed by atoms with Gasteiger partial charge < -0.3 is 10.6 Å². The Bertz CT molecular complexity index is 312. The second kappa shape index (κ2) is 6.72. The van der Waals surface area contributed by atoms with E-state index in [1.54, 1.807) is 0 Å². The monoisotopic (exact) mass is 263 g/mol. The Morgan fingerprint density at radius 1 is 1.16 bits per heavy atom. The van der Waals surface area contributed by atoms with Crippen molar-refractivity contribution in [1.29, 1.82) is 5.26 Å². The molecule has 0 radical (unpaired) electrons. The molecule has 108 valence electrons. The molecule has 1 aliphatic carbocycles. The van der Waals surface area contributed by atoms with Gasteiger partial charge in [-0.2, -0.15) is 5.26 Å². The first kappa shape index (κ1) is 14.8. The van der Waals surface area contributed by atoms with Gasteiger partial charge in [0.05, 0.1) is 11.5 Å². The molecular weight excluding hydrogens is 234 g/mol. The molecule has 0 bridgehead atoms. The van der Waals surface area contributed by atoms with Gasteiger partial charge >= 0.3 is 0 Å². The Kier molecular flexibility index (Phi) is 5.24. The normalized spacial score (nSPS) is 32.8. The highest BCUT2D eigenvalue weighted by atomic mass is 15.0. The molecule has 1 saturated carbocycles. The number of piperidine rings is 1. The lowest BCUT2D eigenvalue weighted by molar-refractivity contribution is 0.175. The third kappa shape index (κ3) is 4.19. The molecule has 0 aromatic carbocycles. The predicted octanol–water partition coefficient (Wildman–Crippen LogP) is 2.83. The van der Waals surface area contributed by atoms with Crippen molar-refractivity contribution in [2.45, 2.75) is 70.9 Å². The average Bonchev–Trinajstić information content (AvgIpc) is 2.46. The molecule has 3 atom stereocenters. The highest BCUT2D eigenvalue weighted by Gasteiger charge is 2.33. The summed E-state index contributed by atoms with van der Waals surface area (Å²) in [6.45, 7) is 6.06. The molecule has 19 heavy (non-hydrogen) atoms. The summed E-state index contributed by atoms with van der Waals surface area (Å²) in [5, 5.41) is 16.6. The van der Waals surface area contributed by atoms with E-state index in [4.69, 9.17) is 5.26 Å². The summed E-state index contributed by atoms with van der Waals surface area (Å²) in [4.78, 5) is 0. The number of nitrogens with one attached hydrogen (secondary N) is 2. The van der Waals surface area contributed by atoms with Crippen LogP contribution < -0.4 is 10.6 Å². The fraction of sp³-hybridized carbons (Fsp3) is 0.938. The van der Waals surface area contributed by atoms with Crippen LogP contribution in [-0.2, 0) is 0 Å². The van der Waals surface area contributed by atoms with Gasteiger partial charge in [-0.1, -0.05) is 19.3 Å². The van der Waals surface area contributed by atoms with Crippen LogP contribution in [0.1, 0.15) is 58.8 Å². The minimum Gasteiger partial charge on any atom is -0.314 e. The van der Waals surface area contributed by atoms with E-state index in [1.165, 1.54) is 51.5 Å². The number of nitriles is 1. The van der Waals surface area contributed by atoms with E-state index in [0.29, 0.717) is 12.1 Å². The number of rotatable bonds is 4. The Labute approximate surface area is 118 Å². The molecule has 2 aliphatic rings. The van der Waals surface area contributed by atoms with Gasteiger partial charge in [0.15, 0.2) is 0 Å². The first-order chi connectivity index (χ1) is 9.12. The van der Waals surface area contributed by atoms with Crippen molar-refractivity contribution in [3.05, 3.63) is 0 Å². The molecule has 1 aliphatic heterocycles. The van der Waals surface area contributed by atoms with Crippen molar-refractivity contribution in [2.24, 2.45) is 11.3 Å². The van der Waals surface area contributed by atoms with E-state index >= 15 is 0 Å². The molecule has 0 amide bonds. The van der Waals surface area contributed by atoms with E-state index in [1.807, 2.05) is 13.8 Å². The summed E-state index contributed by atoms with van der Waals surface area (Å²) in [6, 6.07) is 3.71. The molecule has 1 saturated heterocycles. The predicted molar refractivity (Wildman–Crippen MR) is 78.8 cm³/mol. The lowest BCUT2D eigenvalue weighted by Crippen LogP contribution is -2.51. The summed E-state index contributed by atoms with van der Waals surface area (Å²) in [7, 11) is 0. The van der Waals surface area contributed by atoms with Gasteiger partial charge in [0.1, 0.15) is 0 Å². The highest BCUT2D eigenvalue weighted by Crippen LogP contribution is 2.31. The van der Waals surface area contributed by atoms with Crippen molar-refractivity contribution < 1.29 is 0 Å². The molecule has 2 N–H and O–H groups in total. The highest BCUT2D eigenvalue weighted by molar-refractivity contribution is 4.96. The Morgan fingerprint density at radius 3 is 2.58 bits per heavy atom. The topological polar surface area (TPSA) is 47.9 Å². The minimum atomic E-state index is -0.248. The van der Waals surface area contributed by atoms with Crippen LogP contribution in [0.2, 0.25) is 0 Å². The van der Waals surface area contributed by atoms with Gasteiger partial charge in [0.2, 0.25) is 0 Å². The van der Waals surface area contributed by atoms with Gasteiger partial charge in [-0.05, 0) is 52.0 Å². The molecule has 1 heterocycles. The molecule has 0 spiro atoms. The average molecular weight is 263 g/mol. The van der Waals surface area contributed by atoms with Crippen LogP contribution in [0.3, 0.4) is 0 Å². The zero-order valence-corrected chi connectivity index (χ0v) is 12.5. The second-order valence-electron chi connectivity index (χ2n) is 6.99. The standard InChI is InChI=1S/C16H29N3/c1-16(2,11-17)12-19-15-8-4-3-7-13(15)14-9-5-6-10-18-14/h13-15,18-19H,3-10,12H2,1-2H3. The maximum Gasteiger partial charge on any atom is 0.0697 e. The summed E-state index contributed by atoms with van der Waals surface area (Å²) < 4.78 is 0. The van der Waals surface area contributed by atoms with Crippen LogP contribution in [0.15, 0.2) is 0 Å². The molecule has 3 nitrogen and oxygen atoms in total. The quantitative estimate of drug-likeness (QED) is 0.820. The molecule has 3 unspecified atom stereocenters. The zero-order valence-electron chi connectivity index (χ0n) is 12.5. The van der Waals surface area contributed by atoms with Gasteiger partial charge in [0.25, 0.3) is 0 Å². The Balaban J connectivity index is 1.90. The van der Waals surface area contributed by atoms with Crippen molar-refractivity contribution in [3.8, 4) is 6.07 Å². The minimum absolute atomic E-state index is 0.248. The van der Waals surface area contributed by atoms with Gasteiger partial charge in [0, 0.05) is 18.6 Å². The van der Waals surface area contributed by atoms with Crippen LogP contribution in [0.4, 0.5) is 0 Å². The molecular formula is C16H29N3. The first-order valence-corrected chi connectivity index (χ1v) is 8.00. The maximum atomic E-state index is 9.14. The number of hydrogen-bond acceptors (Lipinski definition) is 3. The third-order valence-electron chi connectivity index (χ3n) is 4.79. The van der Waals surface area contributed by atoms with Crippen LogP contribution in [0.5, 0.6) is 0 Å². The molecule has 0 aromatic rings. The van der Waals surface area contributed by atoms with E-state index < -0.39 is 0 Å². The first-order valence-electron chi connectivity index (χ1n) is 8.00. The van der Waals surface area contributed by atoms with Crippen molar-refractivity contribution in [1.82, 2.24) is 10.6 Å². The van der Waals surface area contributed by atoms with Crippen LogP contribution in [0, 0.1) is 22.7 Å². The lowest BCUT2D eigenvalue weighted by atomic mass is 9.77. The fourth-order valence-electron chi connectivity index (χ4n) is 3.56. The van der Waals surface area contributed by atoms with Gasteiger partial charge in [-0.25, -0.2) is 0 Å². The molecule has 3 heteroatoms. The van der Waals surface area contributed by atoms with Crippen molar-refractivity contribution >= 4 is 0 Å². The summed E-state index contributed by atoms with van der Waals surface area (Å²) >= 11 is 0. The van der Waals surface area contributed by atoms with E-state index in [0.717, 1.165) is 12.5 Å². The summed E-state index contributed by atoms with van der Waals surface area (Å²) in [5.41, 5.74) is -0.248. The Morgan fingerprint density at radius 2 is 1.89 bits per heavy atom. The van der Waals surface area contributed by atoms with E-state index in [-0.39, 0.29) is 5.41 Å². The summed E-state index contributed by atoms with van der Waals surface area (Å²) in [6.07, 6.45) is 9.40. The smallest absolute Gasteiger partial charge is 0.0697 e. The molecule has 2 fully saturated rings. The Hall–Kier alpha value is -0.590. The van der Waals surface area contributed by atoms with Crippen molar-refractivity contribution in [2.75, 3.05) is 13.1 Å². The van der Waals surface area contributed by atoms with E-state index in [9.17, 15) is 0 Å². The van der Waals surface area contributed by atoms with Gasteiger partial charge in [-0.15, -0.1) is 0 Å². The number of hydrogen-bond donors (Lipinski definition) is 2. The zero-order chi connectivity index (χ0) is 13.7. The van der Waals surface area contributed by atoms with Gasteiger partial charge in [-0.3, -0.25) is 0 Å². The lowest BCUT2D eigenvalue weighted by Gasteiger charge is -2.40. The summed E-state index contributed by atoms with van der Waals surface area (Å²) in [5.74, 6) is 0.767. The largest absolute Gasteiger partial charge is 0.314 e. The molecule has 0 aromatic heterocycles. The van der Waals surface area contributed by atoms with Crippen molar-refractivity contribution in [3.63, 3.8) is 0 Å². The second-order valence-corrected chi connectivity index (χ2v) is 6.99. The van der Waals surface area contributed by atoms with Crippen LogP contribution in [-0.4, -0.2) is 25.2 Å². The molecule has 2 rings (SSSR count).